The van der Waals surface area contributed by atoms with Crippen molar-refractivity contribution >= 4 is 50.7 Å². The highest BCUT2D eigenvalue weighted by atomic mass is 35.5. The van der Waals surface area contributed by atoms with Gasteiger partial charge in [0.15, 0.2) is 0 Å². The van der Waals surface area contributed by atoms with Crippen LogP contribution in [0.4, 0.5) is 10.1 Å². The Balaban J connectivity index is 2.06. The molecule has 0 bridgehead atoms. The van der Waals surface area contributed by atoms with E-state index < -0.39 is 40.2 Å². The first-order valence-corrected chi connectivity index (χ1v) is 14.9. The second-order valence-electron chi connectivity index (χ2n) is 9.52. The quantitative estimate of drug-likeness (QED) is 0.291. The van der Waals surface area contributed by atoms with Crippen molar-refractivity contribution in [1.82, 2.24) is 10.2 Å². The lowest BCUT2D eigenvalue weighted by atomic mass is 10.1. The van der Waals surface area contributed by atoms with Crippen LogP contribution in [0.15, 0.2) is 71.6 Å². The predicted octanol–water partition coefficient (Wildman–Crippen LogP) is 5.97. The second-order valence-corrected chi connectivity index (χ2v) is 12.2. The molecule has 0 fully saturated rings. The summed E-state index contributed by atoms with van der Waals surface area (Å²) in [4.78, 5) is 28.1. The maximum atomic E-state index is 13.9. The van der Waals surface area contributed by atoms with Gasteiger partial charge in [-0.1, -0.05) is 53.9 Å². The lowest BCUT2D eigenvalue weighted by molar-refractivity contribution is -0.139. The molecule has 0 heterocycles. The summed E-state index contributed by atoms with van der Waals surface area (Å²) in [6.07, 6.45) is 0.680. The molecule has 1 N–H and O–H groups in total. The average Bonchev–Trinajstić information content (AvgIpc) is 2.91. The zero-order valence-corrected chi connectivity index (χ0v) is 25.0. The summed E-state index contributed by atoms with van der Waals surface area (Å²) in [5.41, 5.74) is 1.54. The molecule has 11 heteroatoms. The summed E-state index contributed by atoms with van der Waals surface area (Å²) in [5, 5.41) is 3.47. The maximum absolute atomic E-state index is 13.9. The van der Waals surface area contributed by atoms with Gasteiger partial charge in [0.25, 0.3) is 10.0 Å². The highest BCUT2D eigenvalue weighted by molar-refractivity contribution is 7.92. The Bertz CT molecular complexity index is 1430. The number of sulfonamides is 1. The first-order chi connectivity index (χ1) is 18.8. The molecule has 214 valence electrons. The number of amides is 2. The smallest absolute Gasteiger partial charge is 0.264 e. The molecular weight excluding hydrogens is 576 g/mol. The molecule has 3 rings (SSSR count). The molecule has 3 aromatic carbocycles. The SMILES string of the molecule is CCC(C)NC(=O)C(C)N(Cc1c(Cl)cccc1Cl)C(=O)CN(c1ccc(C)cc1)S(=O)(=O)c1ccc(F)cc1. The molecule has 40 heavy (non-hydrogen) atoms. The third-order valence-electron chi connectivity index (χ3n) is 6.56. The fourth-order valence-corrected chi connectivity index (χ4v) is 5.81. The molecule has 0 saturated carbocycles. The normalized spacial score (nSPS) is 12.9. The molecule has 2 amide bonds. The fourth-order valence-electron chi connectivity index (χ4n) is 3.88. The Labute approximate surface area is 244 Å². The first kappa shape index (κ1) is 31.4. The average molecular weight is 609 g/mol. The van der Waals surface area contributed by atoms with E-state index in [0.29, 0.717) is 22.0 Å². The van der Waals surface area contributed by atoms with E-state index in [9.17, 15) is 22.4 Å². The number of nitrogens with zero attached hydrogens (tertiary/aromatic N) is 2. The van der Waals surface area contributed by atoms with Gasteiger partial charge in [-0.3, -0.25) is 13.9 Å². The van der Waals surface area contributed by atoms with Crippen LogP contribution >= 0.6 is 23.2 Å². The summed E-state index contributed by atoms with van der Waals surface area (Å²) in [6.45, 7) is 6.40. The maximum Gasteiger partial charge on any atom is 0.264 e. The van der Waals surface area contributed by atoms with Gasteiger partial charge in [0.2, 0.25) is 11.8 Å². The second kappa shape index (κ2) is 13.5. The molecule has 2 unspecified atom stereocenters. The number of carbonyl (C=O) groups excluding carboxylic acids is 2. The van der Waals surface area contributed by atoms with Crippen LogP contribution in [0.2, 0.25) is 10.0 Å². The van der Waals surface area contributed by atoms with E-state index in [1.807, 2.05) is 20.8 Å². The molecule has 0 saturated heterocycles. The van der Waals surface area contributed by atoms with Gasteiger partial charge in [-0.05, 0) is 75.7 Å². The predicted molar refractivity (Wildman–Crippen MR) is 156 cm³/mol. The summed E-state index contributed by atoms with van der Waals surface area (Å²) in [6, 6.07) is 14.7. The number of aryl methyl sites for hydroxylation is 1. The monoisotopic (exact) mass is 607 g/mol. The van der Waals surface area contributed by atoms with Crippen molar-refractivity contribution in [3.8, 4) is 0 Å². The molecule has 0 aliphatic rings. The third kappa shape index (κ3) is 7.53. The fraction of sp³-hybridized carbons (Fsp3) is 0.310. The van der Waals surface area contributed by atoms with Crippen LogP contribution in [0.25, 0.3) is 0 Å². The molecule has 0 aliphatic heterocycles. The molecule has 7 nitrogen and oxygen atoms in total. The third-order valence-corrected chi connectivity index (χ3v) is 9.06. The molecule has 0 aliphatic carbocycles. The topological polar surface area (TPSA) is 86.8 Å². The Morgan fingerprint density at radius 3 is 2.08 bits per heavy atom. The molecule has 0 aromatic heterocycles. The summed E-state index contributed by atoms with van der Waals surface area (Å²) in [5.74, 6) is -1.66. The van der Waals surface area contributed by atoms with E-state index in [0.717, 1.165) is 34.1 Å². The van der Waals surface area contributed by atoms with Crippen LogP contribution in [0.1, 0.15) is 38.3 Å². The van der Waals surface area contributed by atoms with Crippen LogP contribution in [0.5, 0.6) is 0 Å². The van der Waals surface area contributed by atoms with Gasteiger partial charge in [-0.15, -0.1) is 0 Å². The molecule has 0 radical (unpaired) electrons. The number of rotatable bonds is 11. The van der Waals surface area contributed by atoms with E-state index in [-0.39, 0.29) is 23.2 Å². The van der Waals surface area contributed by atoms with Crippen molar-refractivity contribution in [3.05, 3.63) is 93.7 Å². The van der Waals surface area contributed by atoms with Crippen molar-refractivity contribution in [1.29, 1.82) is 0 Å². The lowest BCUT2D eigenvalue weighted by Gasteiger charge is -2.33. The minimum absolute atomic E-state index is 0.134. The van der Waals surface area contributed by atoms with Gasteiger partial charge in [-0.2, -0.15) is 0 Å². The molecule has 3 aromatic rings. The number of hydrogen-bond acceptors (Lipinski definition) is 4. The van der Waals surface area contributed by atoms with E-state index in [1.54, 1.807) is 49.4 Å². The van der Waals surface area contributed by atoms with Crippen LogP contribution in [0, 0.1) is 12.7 Å². The van der Waals surface area contributed by atoms with Gasteiger partial charge >= 0.3 is 0 Å². The number of nitrogens with one attached hydrogen (secondary N) is 1. The minimum atomic E-state index is -4.30. The van der Waals surface area contributed by atoms with Crippen LogP contribution in [0.3, 0.4) is 0 Å². The van der Waals surface area contributed by atoms with E-state index in [1.165, 1.54) is 4.90 Å². The van der Waals surface area contributed by atoms with Crippen molar-refractivity contribution in [2.45, 2.75) is 57.6 Å². The van der Waals surface area contributed by atoms with Gasteiger partial charge in [0.05, 0.1) is 10.6 Å². The summed E-state index contributed by atoms with van der Waals surface area (Å²) < 4.78 is 42.0. The Hall–Kier alpha value is -3.14. The molecule has 2 atom stereocenters. The number of hydrogen-bond donors (Lipinski definition) is 1. The van der Waals surface area contributed by atoms with Gasteiger partial charge in [0.1, 0.15) is 18.4 Å². The number of benzene rings is 3. The van der Waals surface area contributed by atoms with Gasteiger partial charge in [-0.25, -0.2) is 12.8 Å². The standard InChI is InChI=1S/C29H32Cl2FN3O4S/c1-5-20(3)33-29(37)21(4)34(17-25-26(30)7-6-8-27(25)31)28(36)18-35(23-13-9-19(2)10-14-23)40(38,39)24-15-11-22(32)12-16-24/h6-16,20-21H,5,17-18H2,1-4H3,(H,33,37). The van der Waals surface area contributed by atoms with E-state index in [4.69, 9.17) is 23.2 Å². The summed E-state index contributed by atoms with van der Waals surface area (Å²) >= 11 is 12.8. The molecule has 0 spiro atoms. The summed E-state index contributed by atoms with van der Waals surface area (Å²) in [7, 11) is -4.30. The zero-order chi connectivity index (χ0) is 29.6. The Morgan fingerprint density at radius 1 is 0.950 bits per heavy atom. The van der Waals surface area contributed by atoms with Crippen LogP contribution < -0.4 is 9.62 Å². The number of anilines is 1. The van der Waals surface area contributed by atoms with E-state index >= 15 is 0 Å². The highest BCUT2D eigenvalue weighted by Gasteiger charge is 2.33. The highest BCUT2D eigenvalue weighted by Crippen LogP contribution is 2.28. The number of carbonyl (C=O) groups is 2. The van der Waals surface area contributed by atoms with Crippen molar-refractivity contribution < 1.29 is 22.4 Å². The van der Waals surface area contributed by atoms with Gasteiger partial charge in [0, 0.05) is 28.2 Å². The van der Waals surface area contributed by atoms with E-state index in [2.05, 4.69) is 5.32 Å². The van der Waals surface area contributed by atoms with Crippen LogP contribution in [-0.4, -0.2) is 43.8 Å². The zero-order valence-electron chi connectivity index (χ0n) is 22.7. The van der Waals surface area contributed by atoms with Gasteiger partial charge < -0.3 is 10.2 Å². The first-order valence-electron chi connectivity index (χ1n) is 12.7. The minimum Gasteiger partial charge on any atom is -0.352 e. The lowest BCUT2D eigenvalue weighted by Crippen LogP contribution is -2.52. The Kier molecular flexibility index (Phi) is 10.6. The molecular formula is C29H32Cl2FN3O4S. The van der Waals surface area contributed by atoms with Crippen molar-refractivity contribution in [3.63, 3.8) is 0 Å². The van der Waals surface area contributed by atoms with Crippen molar-refractivity contribution in [2.24, 2.45) is 0 Å². The number of halogens is 3. The van der Waals surface area contributed by atoms with Crippen molar-refractivity contribution in [2.75, 3.05) is 10.8 Å². The largest absolute Gasteiger partial charge is 0.352 e. The Morgan fingerprint density at radius 2 is 1.52 bits per heavy atom. The van der Waals surface area contributed by atoms with Crippen LogP contribution in [-0.2, 0) is 26.2 Å².